The summed E-state index contributed by atoms with van der Waals surface area (Å²) in [6.07, 6.45) is 55.6. The number of carbonyl (C=O) groups excluding carboxylic acids is 3. The molecule has 0 bridgehead atoms. The fourth-order valence-electron chi connectivity index (χ4n) is 8.72. The van der Waals surface area contributed by atoms with E-state index >= 15 is 0 Å². The van der Waals surface area contributed by atoms with E-state index in [0.29, 0.717) is 19.3 Å². The molecule has 0 fully saturated rings. The molecule has 0 rings (SSSR count). The smallest absolute Gasteiger partial charge is 0.306 e. The summed E-state index contributed by atoms with van der Waals surface area (Å²) < 4.78 is 16.7. The number of ether oxygens (including phenoxy) is 3. The quantitative estimate of drug-likeness (QED) is 0.0344. The molecule has 0 amide bonds. The lowest BCUT2D eigenvalue weighted by atomic mass is 9.99. The van der Waals surface area contributed by atoms with Crippen LogP contribution in [0.4, 0.5) is 0 Å². The molecule has 0 aliphatic heterocycles. The lowest BCUT2D eigenvalue weighted by Gasteiger charge is -2.18. The normalized spacial score (nSPS) is 12.4. The molecule has 0 aromatic rings. The van der Waals surface area contributed by atoms with Crippen molar-refractivity contribution in [1.82, 2.24) is 0 Å². The Morgan fingerprint density at radius 2 is 0.556 bits per heavy atom. The summed E-state index contributed by atoms with van der Waals surface area (Å²) in [4.78, 5) is 37.8. The van der Waals surface area contributed by atoms with E-state index in [0.717, 1.165) is 70.1 Å². The standard InChI is InChI=1S/C57H110O6/c1-5-8-10-12-13-14-15-16-17-18-22-25-28-31-34-37-41-45-49-56(59)62-52-54(51-61-55(58)48-44-39-11-9-6-2)63-57(60)50-46-42-38-35-32-29-26-23-20-19-21-24-27-30-33-36-40-43-47-53(4)7-3/h53-54H,5-52H2,1-4H3/t53?,54-/m1/s1. The molecular weight excluding hydrogens is 781 g/mol. The van der Waals surface area contributed by atoms with Gasteiger partial charge in [-0.25, -0.2) is 0 Å². The molecule has 0 N–H and O–H groups in total. The molecule has 6 heteroatoms. The van der Waals surface area contributed by atoms with Gasteiger partial charge in [-0.05, 0) is 25.2 Å². The number of carbonyl (C=O) groups is 3. The van der Waals surface area contributed by atoms with Gasteiger partial charge >= 0.3 is 17.9 Å². The van der Waals surface area contributed by atoms with Gasteiger partial charge in [0.15, 0.2) is 6.10 Å². The zero-order valence-electron chi connectivity index (χ0n) is 43.0. The van der Waals surface area contributed by atoms with E-state index in [4.69, 9.17) is 14.2 Å². The third kappa shape index (κ3) is 49.7. The molecule has 0 radical (unpaired) electrons. The molecule has 1 unspecified atom stereocenters. The Kier molecular flexibility index (Phi) is 50.1. The van der Waals surface area contributed by atoms with Gasteiger partial charge in [0, 0.05) is 19.3 Å². The molecule has 0 aliphatic rings. The minimum Gasteiger partial charge on any atom is -0.462 e. The highest BCUT2D eigenvalue weighted by molar-refractivity contribution is 5.71. The van der Waals surface area contributed by atoms with Crippen molar-refractivity contribution in [3.05, 3.63) is 0 Å². The first-order valence-electron chi connectivity index (χ1n) is 28.4. The molecule has 0 saturated heterocycles. The molecule has 0 aliphatic carbocycles. The Bertz CT molecular complexity index is 951. The Morgan fingerprint density at radius 3 is 0.825 bits per heavy atom. The van der Waals surface area contributed by atoms with E-state index in [2.05, 4.69) is 27.7 Å². The highest BCUT2D eigenvalue weighted by atomic mass is 16.6. The fraction of sp³-hybridized carbons (Fsp3) is 0.947. The minimum absolute atomic E-state index is 0.0633. The first kappa shape index (κ1) is 61.4. The maximum atomic E-state index is 12.8. The predicted octanol–water partition coefficient (Wildman–Crippen LogP) is 18.6. The first-order valence-corrected chi connectivity index (χ1v) is 28.4. The molecule has 0 heterocycles. The van der Waals surface area contributed by atoms with Gasteiger partial charge in [-0.3, -0.25) is 14.4 Å². The average Bonchev–Trinajstić information content (AvgIpc) is 3.28. The van der Waals surface area contributed by atoms with Crippen LogP contribution >= 0.6 is 0 Å². The molecule has 374 valence electrons. The molecule has 0 spiro atoms. The largest absolute Gasteiger partial charge is 0.462 e. The van der Waals surface area contributed by atoms with Gasteiger partial charge in [0.05, 0.1) is 0 Å². The van der Waals surface area contributed by atoms with Crippen LogP contribution in [0.3, 0.4) is 0 Å². The van der Waals surface area contributed by atoms with E-state index in [9.17, 15) is 14.4 Å². The van der Waals surface area contributed by atoms with Crippen LogP contribution in [0.25, 0.3) is 0 Å². The van der Waals surface area contributed by atoms with Crippen molar-refractivity contribution in [3.8, 4) is 0 Å². The number of unbranched alkanes of at least 4 members (excludes halogenated alkanes) is 38. The van der Waals surface area contributed by atoms with Crippen LogP contribution in [0.2, 0.25) is 0 Å². The van der Waals surface area contributed by atoms with Crippen molar-refractivity contribution in [1.29, 1.82) is 0 Å². The van der Waals surface area contributed by atoms with Gasteiger partial charge in [-0.1, -0.05) is 285 Å². The van der Waals surface area contributed by atoms with Gasteiger partial charge in [0.1, 0.15) is 13.2 Å². The van der Waals surface area contributed by atoms with Crippen LogP contribution < -0.4 is 0 Å². The average molecular weight is 892 g/mol. The number of rotatable bonds is 52. The summed E-state index contributed by atoms with van der Waals surface area (Å²) in [5.74, 6) is 0.0556. The lowest BCUT2D eigenvalue weighted by Crippen LogP contribution is -2.30. The van der Waals surface area contributed by atoms with Crippen molar-refractivity contribution < 1.29 is 28.6 Å². The Hall–Kier alpha value is -1.59. The molecule has 0 aromatic carbocycles. The van der Waals surface area contributed by atoms with E-state index in [1.54, 1.807) is 0 Å². The second-order valence-electron chi connectivity index (χ2n) is 19.8. The monoisotopic (exact) mass is 891 g/mol. The number of hydrogen-bond donors (Lipinski definition) is 0. The number of hydrogen-bond acceptors (Lipinski definition) is 6. The minimum atomic E-state index is -0.759. The van der Waals surface area contributed by atoms with Crippen molar-refractivity contribution in [2.24, 2.45) is 5.92 Å². The summed E-state index contributed by atoms with van der Waals surface area (Å²) >= 11 is 0. The lowest BCUT2D eigenvalue weighted by molar-refractivity contribution is -0.167. The van der Waals surface area contributed by atoms with Crippen molar-refractivity contribution in [2.75, 3.05) is 13.2 Å². The fourth-order valence-corrected chi connectivity index (χ4v) is 8.72. The van der Waals surface area contributed by atoms with Gasteiger partial charge in [-0.2, -0.15) is 0 Å². The first-order chi connectivity index (χ1) is 30.9. The molecular formula is C57H110O6. The van der Waals surface area contributed by atoms with E-state index in [1.807, 2.05) is 0 Å². The molecule has 6 nitrogen and oxygen atoms in total. The van der Waals surface area contributed by atoms with Crippen LogP contribution in [-0.4, -0.2) is 37.2 Å². The van der Waals surface area contributed by atoms with E-state index < -0.39 is 6.10 Å². The van der Waals surface area contributed by atoms with Crippen molar-refractivity contribution in [3.63, 3.8) is 0 Å². The third-order valence-electron chi connectivity index (χ3n) is 13.4. The Morgan fingerprint density at radius 1 is 0.317 bits per heavy atom. The zero-order chi connectivity index (χ0) is 45.9. The summed E-state index contributed by atoms with van der Waals surface area (Å²) in [5, 5.41) is 0. The Balaban J connectivity index is 4.04. The van der Waals surface area contributed by atoms with Crippen LogP contribution in [0.15, 0.2) is 0 Å². The van der Waals surface area contributed by atoms with Crippen LogP contribution in [0.5, 0.6) is 0 Å². The summed E-state index contributed by atoms with van der Waals surface area (Å²) in [6.45, 7) is 9.02. The number of esters is 3. The van der Waals surface area contributed by atoms with Gasteiger partial charge in [-0.15, -0.1) is 0 Å². The van der Waals surface area contributed by atoms with E-state index in [1.165, 1.54) is 212 Å². The maximum Gasteiger partial charge on any atom is 0.306 e. The highest BCUT2D eigenvalue weighted by Crippen LogP contribution is 2.18. The molecule has 0 aromatic heterocycles. The summed E-state index contributed by atoms with van der Waals surface area (Å²) in [7, 11) is 0. The Labute approximate surface area is 393 Å². The molecule has 0 saturated carbocycles. The van der Waals surface area contributed by atoms with Gasteiger partial charge in [0.2, 0.25) is 0 Å². The van der Waals surface area contributed by atoms with Crippen molar-refractivity contribution in [2.45, 2.75) is 329 Å². The maximum absolute atomic E-state index is 12.8. The zero-order valence-corrected chi connectivity index (χ0v) is 43.0. The van der Waals surface area contributed by atoms with Gasteiger partial charge in [0.25, 0.3) is 0 Å². The second-order valence-corrected chi connectivity index (χ2v) is 19.8. The highest BCUT2D eigenvalue weighted by Gasteiger charge is 2.19. The third-order valence-corrected chi connectivity index (χ3v) is 13.4. The van der Waals surface area contributed by atoms with Crippen LogP contribution in [-0.2, 0) is 28.6 Å². The van der Waals surface area contributed by atoms with E-state index in [-0.39, 0.29) is 31.1 Å². The van der Waals surface area contributed by atoms with Crippen LogP contribution in [0, 0.1) is 5.92 Å². The second kappa shape index (κ2) is 51.4. The van der Waals surface area contributed by atoms with Crippen LogP contribution in [0.1, 0.15) is 323 Å². The predicted molar refractivity (Wildman–Crippen MR) is 270 cm³/mol. The summed E-state index contributed by atoms with van der Waals surface area (Å²) in [5.41, 5.74) is 0. The van der Waals surface area contributed by atoms with Crippen molar-refractivity contribution >= 4 is 17.9 Å². The SMILES string of the molecule is CCCCCCCCCCCCCCCCCCCCC(=O)OC[C@@H](COC(=O)CCCCCCC)OC(=O)CCCCCCCCCCCCCCCCCCCCC(C)CC. The topological polar surface area (TPSA) is 78.9 Å². The molecule has 63 heavy (non-hydrogen) atoms. The van der Waals surface area contributed by atoms with Gasteiger partial charge < -0.3 is 14.2 Å². The summed E-state index contributed by atoms with van der Waals surface area (Å²) in [6, 6.07) is 0. The molecule has 2 atom stereocenters.